The monoisotopic (exact) mass is 152 g/mol. The Balaban J connectivity index is 2.91. The summed E-state index contributed by atoms with van der Waals surface area (Å²) in [5.41, 5.74) is -0.166. The molecule has 0 aliphatic heterocycles. The highest BCUT2D eigenvalue weighted by Gasteiger charge is 2.44. The summed E-state index contributed by atoms with van der Waals surface area (Å²) in [6.07, 6.45) is 2.90. The molecule has 0 aromatic heterocycles. The molecule has 62 valence electrons. The van der Waals surface area contributed by atoms with Crippen molar-refractivity contribution in [3.05, 3.63) is 12.7 Å². The van der Waals surface area contributed by atoms with E-state index in [-0.39, 0.29) is 11.3 Å². The fourth-order valence-electron chi connectivity index (χ4n) is 1.99. The van der Waals surface area contributed by atoms with Crippen molar-refractivity contribution < 1.29 is 4.79 Å². The second-order valence-corrected chi connectivity index (χ2v) is 4.06. The van der Waals surface area contributed by atoms with Crippen molar-refractivity contribution in [2.45, 2.75) is 27.2 Å². The molecule has 0 aromatic rings. The van der Waals surface area contributed by atoms with Crippen LogP contribution in [0.4, 0.5) is 0 Å². The number of Topliss-reactive ketones (excluding diaryl/α,β-unsaturated/α-hetero) is 1. The second kappa shape index (κ2) is 2.47. The van der Waals surface area contributed by atoms with Crippen LogP contribution in [-0.4, -0.2) is 5.78 Å². The third-order valence-electron chi connectivity index (χ3n) is 2.90. The molecule has 1 rings (SSSR count). The van der Waals surface area contributed by atoms with Crippen LogP contribution in [0.5, 0.6) is 0 Å². The Hall–Kier alpha value is -0.590. The summed E-state index contributed by atoms with van der Waals surface area (Å²) in [6.45, 7) is 9.80. The van der Waals surface area contributed by atoms with Gasteiger partial charge in [-0.25, -0.2) is 0 Å². The Morgan fingerprint density at radius 3 is 2.36 bits per heavy atom. The third kappa shape index (κ3) is 1.13. The summed E-state index contributed by atoms with van der Waals surface area (Å²) >= 11 is 0. The van der Waals surface area contributed by atoms with E-state index >= 15 is 0 Å². The minimum Gasteiger partial charge on any atom is -0.299 e. The van der Waals surface area contributed by atoms with Crippen LogP contribution in [0.2, 0.25) is 0 Å². The van der Waals surface area contributed by atoms with E-state index in [2.05, 4.69) is 6.58 Å². The molecule has 1 aliphatic carbocycles. The van der Waals surface area contributed by atoms with Crippen molar-refractivity contribution in [2.75, 3.05) is 0 Å². The van der Waals surface area contributed by atoms with Crippen LogP contribution in [0.15, 0.2) is 12.7 Å². The molecule has 0 bridgehead atoms. The summed E-state index contributed by atoms with van der Waals surface area (Å²) in [7, 11) is 0. The molecule has 0 amide bonds. The van der Waals surface area contributed by atoms with Crippen molar-refractivity contribution in [1.82, 2.24) is 0 Å². The topological polar surface area (TPSA) is 17.1 Å². The Kier molecular flexibility index (Phi) is 1.91. The molecule has 0 N–H and O–H groups in total. The number of carbonyl (C=O) groups is 1. The van der Waals surface area contributed by atoms with Crippen molar-refractivity contribution in [3.8, 4) is 0 Å². The lowest BCUT2D eigenvalue weighted by Crippen LogP contribution is -2.25. The van der Waals surface area contributed by atoms with Crippen LogP contribution in [0.25, 0.3) is 0 Å². The van der Waals surface area contributed by atoms with Gasteiger partial charge in [-0.05, 0) is 12.3 Å². The maximum atomic E-state index is 11.5. The summed E-state index contributed by atoms with van der Waals surface area (Å²) in [6, 6.07) is 0. The minimum atomic E-state index is -0.166. The Morgan fingerprint density at radius 1 is 1.64 bits per heavy atom. The van der Waals surface area contributed by atoms with Gasteiger partial charge in [0.05, 0.1) is 0 Å². The van der Waals surface area contributed by atoms with Gasteiger partial charge < -0.3 is 0 Å². The number of hydrogen-bond donors (Lipinski definition) is 0. The molecular weight excluding hydrogens is 136 g/mol. The summed E-state index contributed by atoms with van der Waals surface area (Å²) in [5.74, 6) is 1.00. The molecule has 11 heavy (non-hydrogen) atoms. The molecule has 1 saturated carbocycles. The molecule has 1 heteroatoms. The van der Waals surface area contributed by atoms with Gasteiger partial charge in [0.15, 0.2) is 0 Å². The predicted molar refractivity (Wildman–Crippen MR) is 46.3 cm³/mol. The maximum Gasteiger partial charge on any atom is 0.141 e. The molecule has 0 radical (unpaired) electrons. The Bertz CT molecular complexity index is 191. The summed E-state index contributed by atoms with van der Waals surface area (Å²) in [4.78, 5) is 11.5. The van der Waals surface area contributed by atoms with Gasteiger partial charge in [0.25, 0.3) is 0 Å². The minimum absolute atomic E-state index is 0.166. The van der Waals surface area contributed by atoms with Crippen LogP contribution < -0.4 is 0 Å². The Labute approximate surface area is 68.5 Å². The first-order valence-corrected chi connectivity index (χ1v) is 4.17. The van der Waals surface area contributed by atoms with Crippen molar-refractivity contribution >= 4 is 5.78 Å². The number of rotatable bonds is 1. The van der Waals surface area contributed by atoms with Gasteiger partial charge in [-0.15, -0.1) is 6.58 Å². The highest BCUT2D eigenvalue weighted by Crippen LogP contribution is 2.43. The van der Waals surface area contributed by atoms with E-state index in [1.165, 1.54) is 0 Å². The largest absolute Gasteiger partial charge is 0.299 e. The van der Waals surface area contributed by atoms with Crippen molar-refractivity contribution in [2.24, 2.45) is 17.3 Å². The van der Waals surface area contributed by atoms with Crippen LogP contribution in [-0.2, 0) is 4.79 Å². The molecule has 0 heterocycles. The lowest BCUT2D eigenvalue weighted by molar-refractivity contribution is -0.127. The molecule has 0 saturated heterocycles. The number of carbonyl (C=O) groups excluding carboxylic acids is 1. The number of hydrogen-bond acceptors (Lipinski definition) is 1. The smallest absolute Gasteiger partial charge is 0.141 e. The maximum absolute atomic E-state index is 11.5. The summed E-state index contributed by atoms with van der Waals surface area (Å²) in [5, 5.41) is 0. The highest BCUT2D eigenvalue weighted by molar-refractivity contribution is 5.88. The van der Waals surface area contributed by atoms with Crippen LogP contribution in [0, 0.1) is 17.3 Å². The predicted octanol–water partition coefficient (Wildman–Crippen LogP) is 2.42. The van der Waals surface area contributed by atoms with Crippen LogP contribution in [0.3, 0.4) is 0 Å². The van der Waals surface area contributed by atoms with E-state index in [0.717, 1.165) is 6.42 Å². The SMILES string of the molecule is C=C[C@H]1C[C@@H](C)C(=O)C1(C)C. The van der Waals surface area contributed by atoms with Crippen LogP contribution >= 0.6 is 0 Å². The average Bonchev–Trinajstić information content (AvgIpc) is 2.13. The van der Waals surface area contributed by atoms with E-state index in [4.69, 9.17) is 0 Å². The number of ketones is 1. The van der Waals surface area contributed by atoms with Gasteiger partial charge in [0.1, 0.15) is 5.78 Å². The van der Waals surface area contributed by atoms with Gasteiger partial charge in [-0.3, -0.25) is 4.79 Å². The van der Waals surface area contributed by atoms with Gasteiger partial charge in [0.2, 0.25) is 0 Å². The molecule has 0 unspecified atom stereocenters. The fourth-order valence-corrected chi connectivity index (χ4v) is 1.99. The van der Waals surface area contributed by atoms with Gasteiger partial charge in [-0.2, -0.15) is 0 Å². The zero-order valence-electron chi connectivity index (χ0n) is 7.55. The highest BCUT2D eigenvalue weighted by atomic mass is 16.1. The standard InChI is InChI=1S/C10H16O/c1-5-8-6-7(2)9(11)10(8,3)4/h5,7-8H,1,6H2,2-4H3/t7-,8+/m1/s1. The average molecular weight is 152 g/mol. The van der Waals surface area contributed by atoms with E-state index in [9.17, 15) is 4.79 Å². The Morgan fingerprint density at radius 2 is 2.18 bits per heavy atom. The molecule has 1 fully saturated rings. The zero-order chi connectivity index (χ0) is 8.65. The molecule has 1 nitrogen and oxygen atoms in total. The molecule has 1 aliphatic rings. The molecular formula is C10H16O. The van der Waals surface area contributed by atoms with E-state index in [0.29, 0.717) is 11.7 Å². The lowest BCUT2D eigenvalue weighted by atomic mass is 9.81. The molecule has 2 atom stereocenters. The van der Waals surface area contributed by atoms with E-state index in [1.807, 2.05) is 26.8 Å². The normalized spacial score (nSPS) is 35.7. The van der Waals surface area contributed by atoms with Gasteiger partial charge in [0, 0.05) is 11.3 Å². The first-order valence-electron chi connectivity index (χ1n) is 4.17. The zero-order valence-corrected chi connectivity index (χ0v) is 7.55. The van der Waals surface area contributed by atoms with Crippen molar-refractivity contribution in [1.29, 1.82) is 0 Å². The van der Waals surface area contributed by atoms with E-state index < -0.39 is 0 Å². The fraction of sp³-hybridized carbons (Fsp3) is 0.700. The van der Waals surface area contributed by atoms with Gasteiger partial charge >= 0.3 is 0 Å². The quantitative estimate of drug-likeness (QED) is 0.527. The first kappa shape index (κ1) is 8.51. The number of allylic oxidation sites excluding steroid dienone is 1. The van der Waals surface area contributed by atoms with Gasteiger partial charge in [-0.1, -0.05) is 26.8 Å². The lowest BCUT2D eigenvalue weighted by Gasteiger charge is -2.21. The summed E-state index contributed by atoms with van der Waals surface area (Å²) < 4.78 is 0. The molecule has 0 aromatic carbocycles. The van der Waals surface area contributed by atoms with Crippen molar-refractivity contribution in [3.63, 3.8) is 0 Å². The van der Waals surface area contributed by atoms with E-state index in [1.54, 1.807) is 0 Å². The molecule has 0 spiro atoms. The van der Waals surface area contributed by atoms with Crippen LogP contribution in [0.1, 0.15) is 27.2 Å². The first-order chi connectivity index (χ1) is 5.00. The third-order valence-corrected chi connectivity index (χ3v) is 2.90. The second-order valence-electron chi connectivity index (χ2n) is 4.06.